The van der Waals surface area contributed by atoms with Crippen molar-refractivity contribution in [3.05, 3.63) is 16.2 Å². The van der Waals surface area contributed by atoms with E-state index >= 15 is 0 Å². The number of hydrogen-bond acceptors (Lipinski definition) is 5. The van der Waals surface area contributed by atoms with E-state index < -0.39 is 0 Å². The molecule has 6 heteroatoms. The van der Waals surface area contributed by atoms with Crippen molar-refractivity contribution >= 4 is 11.3 Å². The largest absolute Gasteiger partial charge is 0.322 e. The van der Waals surface area contributed by atoms with E-state index in [0.29, 0.717) is 11.7 Å². The third kappa shape index (κ3) is 2.18. The van der Waals surface area contributed by atoms with Crippen LogP contribution in [0.4, 0.5) is 0 Å². The number of aromatic amines is 1. The normalized spacial score (nSPS) is 18.3. The molecule has 18 heavy (non-hydrogen) atoms. The number of thiazole rings is 1. The first kappa shape index (κ1) is 11.8. The number of H-pyrrole nitrogens is 1. The van der Waals surface area contributed by atoms with Crippen LogP contribution in [0, 0.1) is 0 Å². The third-order valence-corrected chi connectivity index (χ3v) is 4.43. The molecule has 0 aliphatic heterocycles. The summed E-state index contributed by atoms with van der Waals surface area (Å²) in [5.41, 5.74) is 6.64. The fraction of sp³-hybridized carbons (Fsp3) is 0.583. The molecular formula is C12H17N5S. The number of nitrogens with zero attached hydrogens (tertiary/aromatic N) is 3. The van der Waals surface area contributed by atoms with Gasteiger partial charge in [-0.15, -0.1) is 11.3 Å². The molecule has 2 aromatic heterocycles. The molecule has 1 aliphatic rings. The molecule has 0 amide bonds. The molecular weight excluding hydrogens is 246 g/mol. The second-order valence-corrected chi connectivity index (χ2v) is 5.77. The van der Waals surface area contributed by atoms with Gasteiger partial charge in [0.05, 0.1) is 6.04 Å². The van der Waals surface area contributed by atoms with Crippen molar-refractivity contribution in [3.63, 3.8) is 0 Å². The molecule has 96 valence electrons. The predicted molar refractivity (Wildman–Crippen MR) is 71.3 cm³/mol. The van der Waals surface area contributed by atoms with E-state index in [1.54, 1.807) is 11.3 Å². The Kier molecular flexibility index (Phi) is 3.13. The van der Waals surface area contributed by atoms with Crippen LogP contribution in [0.15, 0.2) is 5.38 Å². The summed E-state index contributed by atoms with van der Waals surface area (Å²) in [7, 11) is 0. The molecule has 0 radical (unpaired) electrons. The monoisotopic (exact) mass is 263 g/mol. The molecule has 1 unspecified atom stereocenters. The lowest BCUT2D eigenvalue weighted by Gasteiger charge is -2.01. The minimum Gasteiger partial charge on any atom is -0.322 e. The maximum absolute atomic E-state index is 5.81. The zero-order chi connectivity index (χ0) is 12.5. The SMILES string of the molecule is CC(N)c1nc(-c2n[nH]c(C3CCCC3)n2)cs1. The Morgan fingerprint density at radius 1 is 1.39 bits per heavy atom. The van der Waals surface area contributed by atoms with Crippen LogP contribution in [-0.4, -0.2) is 20.2 Å². The highest BCUT2D eigenvalue weighted by Crippen LogP contribution is 2.32. The third-order valence-electron chi connectivity index (χ3n) is 3.39. The molecule has 1 aliphatic carbocycles. The first-order valence-corrected chi connectivity index (χ1v) is 7.25. The lowest BCUT2D eigenvalue weighted by molar-refractivity contribution is 0.672. The van der Waals surface area contributed by atoms with E-state index in [0.717, 1.165) is 16.5 Å². The molecule has 1 fully saturated rings. The molecule has 2 aromatic rings. The Hall–Kier alpha value is -1.27. The van der Waals surface area contributed by atoms with Crippen LogP contribution in [0.25, 0.3) is 11.5 Å². The fourth-order valence-corrected chi connectivity index (χ4v) is 3.13. The van der Waals surface area contributed by atoms with Crippen LogP contribution in [0.2, 0.25) is 0 Å². The summed E-state index contributed by atoms with van der Waals surface area (Å²) in [6.07, 6.45) is 5.03. The van der Waals surface area contributed by atoms with Crippen LogP contribution in [0.3, 0.4) is 0 Å². The average Bonchev–Trinajstić information content (AvgIpc) is 3.10. The van der Waals surface area contributed by atoms with Gasteiger partial charge in [0.25, 0.3) is 0 Å². The quantitative estimate of drug-likeness (QED) is 0.892. The second-order valence-electron chi connectivity index (χ2n) is 4.89. The zero-order valence-electron chi connectivity index (χ0n) is 10.4. The highest BCUT2D eigenvalue weighted by molar-refractivity contribution is 7.10. The molecule has 0 saturated heterocycles. The van der Waals surface area contributed by atoms with Gasteiger partial charge in [-0.1, -0.05) is 12.8 Å². The Morgan fingerprint density at radius 2 is 2.17 bits per heavy atom. The van der Waals surface area contributed by atoms with Gasteiger partial charge < -0.3 is 5.73 Å². The van der Waals surface area contributed by atoms with E-state index in [1.807, 2.05) is 12.3 Å². The Balaban J connectivity index is 1.83. The molecule has 5 nitrogen and oxygen atoms in total. The first-order valence-electron chi connectivity index (χ1n) is 6.37. The van der Waals surface area contributed by atoms with Crippen molar-refractivity contribution in [1.82, 2.24) is 20.2 Å². The Bertz CT molecular complexity index is 524. The van der Waals surface area contributed by atoms with Gasteiger partial charge in [-0.3, -0.25) is 5.10 Å². The van der Waals surface area contributed by atoms with E-state index in [4.69, 9.17) is 5.73 Å². The number of aromatic nitrogens is 4. The predicted octanol–water partition coefficient (Wildman–Crippen LogP) is 2.61. The van der Waals surface area contributed by atoms with Crippen LogP contribution < -0.4 is 5.73 Å². The summed E-state index contributed by atoms with van der Waals surface area (Å²) < 4.78 is 0. The summed E-state index contributed by atoms with van der Waals surface area (Å²) >= 11 is 1.56. The van der Waals surface area contributed by atoms with Crippen molar-refractivity contribution in [2.45, 2.75) is 44.6 Å². The number of rotatable bonds is 3. The van der Waals surface area contributed by atoms with Crippen molar-refractivity contribution in [2.75, 3.05) is 0 Å². The number of nitrogens with one attached hydrogen (secondary N) is 1. The van der Waals surface area contributed by atoms with Crippen molar-refractivity contribution in [1.29, 1.82) is 0 Å². The van der Waals surface area contributed by atoms with Crippen molar-refractivity contribution in [3.8, 4) is 11.5 Å². The van der Waals surface area contributed by atoms with Gasteiger partial charge in [0, 0.05) is 11.3 Å². The van der Waals surface area contributed by atoms with Gasteiger partial charge in [-0.25, -0.2) is 9.97 Å². The van der Waals surface area contributed by atoms with Gasteiger partial charge in [-0.05, 0) is 19.8 Å². The lowest BCUT2D eigenvalue weighted by atomic mass is 10.1. The second kappa shape index (κ2) is 4.78. The number of hydrogen-bond donors (Lipinski definition) is 2. The molecule has 0 spiro atoms. The molecule has 0 aromatic carbocycles. The van der Waals surface area contributed by atoms with Crippen LogP contribution >= 0.6 is 11.3 Å². The number of nitrogens with two attached hydrogens (primary N) is 1. The maximum atomic E-state index is 5.81. The van der Waals surface area contributed by atoms with E-state index in [2.05, 4.69) is 20.2 Å². The van der Waals surface area contributed by atoms with Gasteiger partial charge in [0.2, 0.25) is 5.82 Å². The highest BCUT2D eigenvalue weighted by atomic mass is 32.1. The van der Waals surface area contributed by atoms with E-state index in [1.165, 1.54) is 25.7 Å². The van der Waals surface area contributed by atoms with Crippen molar-refractivity contribution < 1.29 is 0 Å². The summed E-state index contributed by atoms with van der Waals surface area (Å²) in [6.45, 7) is 1.94. The Labute approximate surface area is 110 Å². The topological polar surface area (TPSA) is 80.5 Å². The summed E-state index contributed by atoms with van der Waals surface area (Å²) in [6, 6.07) is -0.0306. The van der Waals surface area contributed by atoms with Gasteiger partial charge in [0.1, 0.15) is 16.5 Å². The van der Waals surface area contributed by atoms with Gasteiger partial charge >= 0.3 is 0 Å². The minimum absolute atomic E-state index is 0.0306. The Morgan fingerprint density at radius 3 is 2.83 bits per heavy atom. The standard InChI is InChI=1S/C12H17N5S/c1-7(13)12-14-9(6-18-12)11-15-10(16-17-11)8-4-2-3-5-8/h6-8H,2-5,13H2,1H3,(H,15,16,17). The molecule has 3 N–H and O–H groups in total. The molecule has 1 atom stereocenters. The molecule has 3 rings (SSSR count). The summed E-state index contributed by atoms with van der Waals surface area (Å²) in [5, 5.41) is 10.2. The molecule has 0 bridgehead atoms. The zero-order valence-corrected chi connectivity index (χ0v) is 11.2. The lowest BCUT2D eigenvalue weighted by Crippen LogP contribution is -2.03. The van der Waals surface area contributed by atoms with Gasteiger partial charge in [0.15, 0.2) is 0 Å². The fourth-order valence-electron chi connectivity index (χ4n) is 2.37. The summed E-state index contributed by atoms with van der Waals surface area (Å²) in [4.78, 5) is 9.04. The maximum Gasteiger partial charge on any atom is 0.200 e. The molecule has 1 saturated carbocycles. The van der Waals surface area contributed by atoms with Crippen LogP contribution in [0.1, 0.15) is 55.4 Å². The average molecular weight is 263 g/mol. The first-order chi connectivity index (χ1) is 8.74. The summed E-state index contributed by atoms with van der Waals surface area (Å²) in [5.74, 6) is 2.26. The smallest absolute Gasteiger partial charge is 0.200 e. The van der Waals surface area contributed by atoms with Gasteiger partial charge in [-0.2, -0.15) is 5.10 Å². The molecule has 2 heterocycles. The van der Waals surface area contributed by atoms with Crippen LogP contribution in [-0.2, 0) is 0 Å². The van der Waals surface area contributed by atoms with E-state index in [-0.39, 0.29) is 6.04 Å². The highest BCUT2D eigenvalue weighted by Gasteiger charge is 2.21. The van der Waals surface area contributed by atoms with E-state index in [9.17, 15) is 0 Å². The van der Waals surface area contributed by atoms with Crippen LogP contribution in [0.5, 0.6) is 0 Å². The minimum atomic E-state index is -0.0306. The van der Waals surface area contributed by atoms with Crippen molar-refractivity contribution in [2.24, 2.45) is 5.73 Å².